The molecule has 1 unspecified atom stereocenters. The molecule has 0 spiro atoms. The number of morpholine rings is 1. The number of likely N-dealkylation sites (tertiary alicyclic amines) is 1. The molecule has 3 aliphatic rings. The monoisotopic (exact) mass is 621 g/mol. The minimum atomic E-state index is -4.56. The summed E-state index contributed by atoms with van der Waals surface area (Å²) in [7, 11) is 0. The van der Waals surface area contributed by atoms with Gasteiger partial charge in [0.15, 0.2) is 0 Å². The number of nitrogens with two attached hydrogens (primary N) is 1. The van der Waals surface area contributed by atoms with E-state index in [0.717, 1.165) is 69.9 Å². The second-order valence-electron chi connectivity index (χ2n) is 12.0. The van der Waals surface area contributed by atoms with E-state index in [1.54, 1.807) is 12.1 Å². The number of nitrogens with one attached hydrogen (secondary N) is 1. The van der Waals surface area contributed by atoms with Crippen LogP contribution in [-0.4, -0.2) is 72.7 Å². The summed E-state index contributed by atoms with van der Waals surface area (Å²) in [6.07, 6.45) is -2.72. The van der Waals surface area contributed by atoms with Crippen LogP contribution in [0.2, 0.25) is 0 Å². The molecule has 0 aliphatic carbocycles. The second-order valence-corrected chi connectivity index (χ2v) is 12.0. The van der Waals surface area contributed by atoms with Gasteiger partial charge in [-0.15, -0.1) is 0 Å². The third-order valence-corrected chi connectivity index (χ3v) is 9.30. The van der Waals surface area contributed by atoms with E-state index in [2.05, 4.69) is 14.8 Å². The van der Waals surface area contributed by atoms with Crippen molar-refractivity contribution in [2.75, 3.05) is 50.8 Å². The third kappa shape index (κ3) is 6.43. The van der Waals surface area contributed by atoms with E-state index >= 15 is 0 Å². The van der Waals surface area contributed by atoms with E-state index < -0.39 is 23.6 Å². The number of carbonyl (C=O) groups is 1. The number of hydrogen-bond acceptors (Lipinski definition) is 6. The lowest BCUT2D eigenvalue weighted by Crippen LogP contribution is -2.49. The fraction of sp³-hybridized carbons (Fsp3) is 0.412. The maximum Gasteiger partial charge on any atom is 0.416 e. The van der Waals surface area contributed by atoms with Crippen LogP contribution in [0.4, 0.5) is 18.9 Å². The largest absolute Gasteiger partial charge is 0.416 e. The van der Waals surface area contributed by atoms with Crippen molar-refractivity contribution in [1.29, 1.82) is 0 Å². The number of anilines is 1. The van der Waals surface area contributed by atoms with Gasteiger partial charge in [0.2, 0.25) is 11.5 Å². The van der Waals surface area contributed by atoms with Crippen molar-refractivity contribution >= 4 is 17.3 Å². The van der Waals surface area contributed by atoms with Crippen molar-refractivity contribution in [3.05, 3.63) is 105 Å². The fourth-order valence-corrected chi connectivity index (χ4v) is 7.06. The molecule has 0 saturated carbocycles. The van der Waals surface area contributed by atoms with E-state index in [1.807, 2.05) is 42.2 Å². The van der Waals surface area contributed by atoms with Gasteiger partial charge >= 0.3 is 6.18 Å². The first-order chi connectivity index (χ1) is 21.6. The highest BCUT2D eigenvalue weighted by Gasteiger charge is 2.41. The van der Waals surface area contributed by atoms with Gasteiger partial charge in [0.05, 0.1) is 41.9 Å². The predicted molar refractivity (Wildman–Crippen MR) is 167 cm³/mol. The Labute approximate surface area is 260 Å². The summed E-state index contributed by atoms with van der Waals surface area (Å²) in [4.78, 5) is 35.5. The number of carbonyl (C=O) groups excluding carboxylic acids is 1. The lowest BCUT2D eigenvalue weighted by atomic mass is 9.83. The van der Waals surface area contributed by atoms with Gasteiger partial charge in [0.25, 0.3) is 0 Å². The second kappa shape index (κ2) is 12.8. The standard InChI is InChI=1S/C34H38F3N5O3/c1-22(23-6-3-2-4-7-23)42-28-10-11-29(43)39-31(28)30(33(38)44)27(32(42)24-8-5-9-25(20-24)34(35,36)37)21-40-14-12-26(13-15-40)41-16-18-45-19-17-41/h2-11,20,22,26,30H,12-19,21H2,1H3,(H2,38,44)(H,39,43)/t22-,30?/m0/s1. The summed E-state index contributed by atoms with van der Waals surface area (Å²) in [5, 5.41) is 0. The van der Waals surface area contributed by atoms with E-state index in [1.165, 1.54) is 12.1 Å². The minimum Gasteiger partial charge on any atom is -0.379 e. The Kier molecular flexibility index (Phi) is 8.85. The first-order valence-electron chi connectivity index (χ1n) is 15.4. The molecule has 6 rings (SSSR count). The summed E-state index contributed by atoms with van der Waals surface area (Å²) < 4.78 is 47.6. The van der Waals surface area contributed by atoms with Crippen molar-refractivity contribution in [2.24, 2.45) is 5.73 Å². The Balaban J connectivity index is 1.49. The highest BCUT2D eigenvalue weighted by atomic mass is 19.4. The zero-order chi connectivity index (χ0) is 31.7. The molecular formula is C34H38F3N5O3. The topological polar surface area (TPSA) is 94.9 Å². The summed E-state index contributed by atoms with van der Waals surface area (Å²) >= 11 is 0. The summed E-state index contributed by atoms with van der Waals surface area (Å²) in [5.41, 5.74) is 8.11. The van der Waals surface area contributed by atoms with Crippen LogP contribution in [0.25, 0.3) is 5.70 Å². The van der Waals surface area contributed by atoms with Gasteiger partial charge in [-0.3, -0.25) is 19.4 Å². The fourth-order valence-electron chi connectivity index (χ4n) is 7.06. The van der Waals surface area contributed by atoms with Gasteiger partial charge in [-0.05, 0) is 67.8 Å². The van der Waals surface area contributed by atoms with Crippen molar-refractivity contribution in [3.8, 4) is 0 Å². The number of ether oxygens (including phenoxy) is 1. The molecule has 2 atom stereocenters. The number of halogens is 3. The number of rotatable bonds is 7. The molecule has 45 heavy (non-hydrogen) atoms. The molecule has 238 valence electrons. The average molecular weight is 622 g/mol. The molecule has 3 aliphatic heterocycles. The Hall–Kier alpha value is -3.93. The number of pyridine rings is 1. The summed E-state index contributed by atoms with van der Waals surface area (Å²) in [6.45, 7) is 7.02. The normalized spacial score (nSPS) is 21.1. The molecule has 4 heterocycles. The SMILES string of the molecule is C[C@@H](c1ccccc1)N1C(c2cccc(C(F)(F)F)c2)=C(CN2CCC(N3CCOCC3)CC2)C(C(N)=O)c2[nH]c(=O)ccc21. The zero-order valence-corrected chi connectivity index (χ0v) is 25.2. The first kappa shape index (κ1) is 31.1. The molecule has 2 saturated heterocycles. The Morgan fingerprint density at radius 1 is 1.00 bits per heavy atom. The van der Waals surface area contributed by atoms with Crippen LogP contribution in [0.15, 0.2) is 77.1 Å². The van der Waals surface area contributed by atoms with Crippen molar-refractivity contribution in [3.63, 3.8) is 0 Å². The molecule has 8 nitrogen and oxygen atoms in total. The van der Waals surface area contributed by atoms with Crippen LogP contribution in [0, 0.1) is 0 Å². The van der Waals surface area contributed by atoms with E-state index in [9.17, 15) is 22.8 Å². The molecule has 3 N–H and O–H groups in total. The number of hydrogen-bond donors (Lipinski definition) is 2. The highest BCUT2D eigenvalue weighted by molar-refractivity contribution is 5.97. The van der Waals surface area contributed by atoms with Gasteiger partial charge in [-0.1, -0.05) is 42.5 Å². The molecular weight excluding hydrogens is 583 g/mol. The van der Waals surface area contributed by atoms with Gasteiger partial charge in [0, 0.05) is 31.7 Å². The van der Waals surface area contributed by atoms with Crippen molar-refractivity contribution < 1.29 is 22.7 Å². The predicted octanol–water partition coefficient (Wildman–Crippen LogP) is 4.75. The first-order valence-corrected chi connectivity index (χ1v) is 15.4. The van der Waals surface area contributed by atoms with Crippen LogP contribution in [0.5, 0.6) is 0 Å². The van der Waals surface area contributed by atoms with Gasteiger partial charge < -0.3 is 20.4 Å². The molecule has 1 amide bonds. The van der Waals surface area contributed by atoms with Crippen LogP contribution in [0.3, 0.4) is 0 Å². The smallest absolute Gasteiger partial charge is 0.379 e. The number of aromatic nitrogens is 1. The summed E-state index contributed by atoms with van der Waals surface area (Å²) in [6, 6.07) is 17.9. The number of aromatic amines is 1. The molecule has 2 fully saturated rings. The van der Waals surface area contributed by atoms with Crippen LogP contribution < -0.4 is 16.2 Å². The Bertz CT molecular complexity index is 1610. The van der Waals surface area contributed by atoms with E-state index in [4.69, 9.17) is 10.5 Å². The Morgan fingerprint density at radius 2 is 1.71 bits per heavy atom. The number of piperidine rings is 1. The number of alkyl halides is 3. The maximum atomic E-state index is 14.0. The van der Waals surface area contributed by atoms with E-state index in [0.29, 0.717) is 40.8 Å². The zero-order valence-electron chi connectivity index (χ0n) is 25.2. The van der Waals surface area contributed by atoms with Crippen LogP contribution in [-0.2, 0) is 15.7 Å². The molecule has 0 radical (unpaired) electrons. The van der Waals surface area contributed by atoms with Gasteiger partial charge in [-0.2, -0.15) is 13.2 Å². The van der Waals surface area contributed by atoms with Gasteiger partial charge in [0.1, 0.15) is 5.92 Å². The molecule has 3 aromatic rings. The lowest BCUT2D eigenvalue weighted by Gasteiger charge is -2.44. The number of nitrogens with zero attached hydrogens (tertiary/aromatic N) is 3. The molecule has 2 aromatic carbocycles. The number of H-pyrrole nitrogens is 1. The van der Waals surface area contributed by atoms with Gasteiger partial charge in [-0.25, -0.2) is 0 Å². The lowest BCUT2D eigenvalue weighted by molar-refractivity contribution is -0.137. The highest BCUT2D eigenvalue weighted by Crippen LogP contribution is 2.48. The number of amides is 1. The number of primary amides is 1. The Morgan fingerprint density at radius 3 is 2.38 bits per heavy atom. The number of fused-ring (bicyclic) bond motifs is 1. The van der Waals surface area contributed by atoms with Crippen molar-refractivity contribution in [2.45, 2.75) is 43.9 Å². The quantitative estimate of drug-likeness (QED) is 0.396. The van der Waals surface area contributed by atoms with Crippen molar-refractivity contribution in [1.82, 2.24) is 14.8 Å². The molecule has 1 aromatic heterocycles. The third-order valence-electron chi connectivity index (χ3n) is 9.30. The summed E-state index contributed by atoms with van der Waals surface area (Å²) in [5.74, 6) is -1.71. The van der Waals surface area contributed by atoms with Crippen LogP contribution >= 0.6 is 0 Å². The van der Waals surface area contributed by atoms with E-state index in [-0.39, 0.29) is 11.6 Å². The number of benzene rings is 2. The van der Waals surface area contributed by atoms with Crippen LogP contribution in [0.1, 0.15) is 54.1 Å². The average Bonchev–Trinajstić information content (AvgIpc) is 3.04. The molecule has 0 bridgehead atoms. The molecule has 11 heteroatoms. The maximum absolute atomic E-state index is 14.0. The minimum absolute atomic E-state index is 0.309.